The molecule has 0 unspecified atom stereocenters. The third kappa shape index (κ3) is 21.0. The van der Waals surface area contributed by atoms with E-state index < -0.39 is 102 Å². The Morgan fingerprint density at radius 2 is 1.03 bits per heavy atom. The molecule has 19 nitrogen and oxygen atoms in total. The number of rotatable bonds is 29. The van der Waals surface area contributed by atoms with E-state index in [0.717, 1.165) is 17.4 Å². The fourth-order valence-corrected chi connectivity index (χ4v) is 5.63. The normalized spacial score (nSPS) is 16.2. The van der Waals surface area contributed by atoms with Gasteiger partial charge in [-0.15, -0.1) is 0 Å². The van der Waals surface area contributed by atoms with E-state index in [1.165, 1.54) is 20.8 Å². The predicted molar refractivity (Wildman–Crippen MR) is 221 cm³/mol. The van der Waals surface area contributed by atoms with Crippen LogP contribution in [0.1, 0.15) is 99.8 Å². The molecule has 0 saturated carbocycles. The zero-order valence-electron chi connectivity index (χ0n) is 36.7. The molecule has 0 fully saturated rings. The second kappa shape index (κ2) is 27.5. The van der Waals surface area contributed by atoms with Crippen LogP contribution in [0.2, 0.25) is 0 Å². The molecule has 7 amide bonds. The number of hydrogen-bond acceptors (Lipinski definition) is 11. The maximum absolute atomic E-state index is 13.6. The maximum atomic E-state index is 13.6. The molecule has 0 heterocycles. The van der Waals surface area contributed by atoms with Crippen molar-refractivity contribution in [1.82, 2.24) is 42.5 Å². The third-order valence-corrected chi connectivity index (χ3v) is 9.48. The maximum Gasteiger partial charge on any atom is 0.245 e. The van der Waals surface area contributed by atoms with Gasteiger partial charge >= 0.3 is 0 Å². The predicted octanol–water partition coefficient (Wildman–Crippen LogP) is -1.93. The summed E-state index contributed by atoms with van der Waals surface area (Å²) >= 11 is 0. The summed E-state index contributed by atoms with van der Waals surface area (Å²) in [5.41, 5.74) is 5.72. The van der Waals surface area contributed by atoms with E-state index in [4.69, 9.17) is 5.73 Å². The van der Waals surface area contributed by atoms with E-state index in [1.807, 2.05) is 28.1 Å². The molecule has 0 rings (SSSR count). The van der Waals surface area contributed by atoms with E-state index >= 15 is 0 Å². The highest BCUT2D eigenvalue weighted by molar-refractivity contribution is 5.97. The molecule has 19 heteroatoms. The first-order chi connectivity index (χ1) is 27.0. The molecule has 58 heavy (non-hydrogen) atoms. The Morgan fingerprint density at radius 3 is 1.52 bits per heavy atom. The first-order valence-electron chi connectivity index (χ1n) is 20.5. The Kier molecular flexibility index (Phi) is 25.5. The SMILES string of the molecule is CCCC[C@H](NC(=O)[C@@H](NC(=O)[C@H](C)NC)[C@@H](C)O)C(=O)N[C@H](C(=O)N[C@@H](C)C(=O)N[C@@H](CCCN)C(=O)N[C@@H](CCCC[N+](C)(C)C)C(=O)N[C@@H](C)C=O)C(C)C. The van der Waals surface area contributed by atoms with Crippen LogP contribution < -0.4 is 48.3 Å². The van der Waals surface area contributed by atoms with Gasteiger partial charge in [-0.25, -0.2) is 0 Å². The molecule has 0 aromatic heterocycles. The highest BCUT2D eigenvalue weighted by atomic mass is 16.3. The Morgan fingerprint density at radius 1 is 0.586 bits per heavy atom. The Balaban J connectivity index is 5.96. The number of nitrogens with two attached hydrogens (primary N) is 1. The van der Waals surface area contributed by atoms with Crippen molar-refractivity contribution in [3.05, 3.63) is 0 Å². The van der Waals surface area contributed by atoms with Gasteiger partial charge in [0.15, 0.2) is 0 Å². The van der Waals surface area contributed by atoms with Crippen LogP contribution in [-0.4, -0.2) is 153 Å². The van der Waals surface area contributed by atoms with E-state index in [2.05, 4.69) is 42.5 Å². The van der Waals surface area contributed by atoms with Crippen LogP contribution in [0.5, 0.6) is 0 Å². The van der Waals surface area contributed by atoms with E-state index in [-0.39, 0.29) is 19.4 Å². The van der Waals surface area contributed by atoms with Crippen molar-refractivity contribution in [1.29, 1.82) is 0 Å². The lowest BCUT2D eigenvalue weighted by Gasteiger charge is -2.29. The van der Waals surface area contributed by atoms with Crippen LogP contribution >= 0.6 is 0 Å². The van der Waals surface area contributed by atoms with E-state index in [0.29, 0.717) is 38.4 Å². The summed E-state index contributed by atoms with van der Waals surface area (Å²) in [5, 5.41) is 31.4. The first kappa shape index (κ1) is 53.8. The number of carbonyl (C=O) groups is 8. The molecule has 0 bridgehead atoms. The molecule has 0 aliphatic heterocycles. The molecule has 0 saturated heterocycles. The van der Waals surface area contributed by atoms with E-state index in [9.17, 15) is 43.5 Å². The van der Waals surface area contributed by atoms with Crippen molar-refractivity contribution in [3.8, 4) is 0 Å². The van der Waals surface area contributed by atoms with Crippen molar-refractivity contribution in [2.75, 3.05) is 41.3 Å². The highest BCUT2D eigenvalue weighted by Gasteiger charge is 2.34. The van der Waals surface area contributed by atoms with Gasteiger partial charge in [0.25, 0.3) is 0 Å². The summed E-state index contributed by atoms with van der Waals surface area (Å²) in [6, 6.07) is -8.30. The number of carbonyl (C=O) groups excluding carboxylic acids is 8. The number of aliphatic hydroxyl groups is 1. The van der Waals surface area contributed by atoms with Crippen molar-refractivity contribution < 1.29 is 47.9 Å². The van der Waals surface area contributed by atoms with Crippen LogP contribution in [0.25, 0.3) is 0 Å². The van der Waals surface area contributed by atoms with Crippen molar-refractivity contribution in [2.24, 2.45) is 11.7 Å². The lowest BCUT2D eigenvalue weighted by Crippen LogP contribution is -2.61. The number of unbranched alkanes of at least 4 members (excludes halogenated alkanes) is 2. The zero-order valence-corrected chi connectivity index (χ0v) is 36.7. The Hall–Kier alpha value is -4.20. The molecule has 0 spiro atoms. The number of nitrogens with zero attached hydrogens (tertiary/aromatic N) is 1. The minimum Gasteiger partial charge on any atom is -0.391 e. The highest BCUT2D eigenvalue weighted by Crippen LogP contribution is 2.10. The van der Waals surface area contributed by atoms with Gasteiger partial charge in [-0.3, -0.25) is 33.6 Å². The molecule has 0 aromatic rings. The quantitative estimate of drug-likeness (QED) is 0.0225. The summed E-state index contributed by atoms with van der Waals surface area (Å²) in [6.07, 6.45) is 2.91. The Labute approximate surface area is 344 Å². The van der Waals surface area contributed by atoms with Crippen LogP contribution in [-0.2, 0) is 38.4 Å². The number of aliphatic hydroxyl groups excluding tert-OH is 1. The van der Waals surface area contributed by atoms with Gasteiger partial charge in [-0.05, 0) is 85.7 Å². The number of hydrogen-bond donors (Lipinski definition) is 10. The molecule has 0 aromatic carbocycles. The number of quaternary nitrogens is 1. The average molecular weight is 828 g/mol. The summed E-state index contributed by atoms with van der Waals surface area (Å²) < 4.78 is 0.722. The topological polar surface area (TPSA) is 279 Å². The average Bonchev–Trinajstić information content (AvgIpc) is 3.15. The monoisotopic (exact) mass is 828 g/mol. The summed E-state index contributed by atoms with van der Waals surface area (Å²) in [6.45, 7) is 12.2. The number of nitrogens with one attached hydrogen (secondary N) is 8. The van der Waals surface area contributed by atoms with Gasteiger partial charge in [0.2, 0.25) is 41.4 Å². The fourth-order valence-electron chi connectivity index (χ4n) is 5.63. The molecule has 0 radical (unpaired) electrons. The van der Waals surface area contributed by atoms with Gasteiger partial charge < -0.3 is 62.7 Å². The lowest BCUT2D eigenvalue weighted by atomic mass is 10.0. The zero-order chi connectivity index (χ0) is 44.7. The molecule has 11 N–H and O–H groups in total. The minimum absolute atomic E-state index is 0.138. The number of aldehydes is 1. The van der Waals surface area contributed by atoms with Crippen molar-refractivity contribution in [3.63, 3.8) is 0 Å². The standard InChI is InChI=1S/C39H74N10O9/c1-12-13-17-28(46-39(58)32(27(7)51)48-33(52)25(5)41-8)37(56)47-31(23(2)3)38(57)43-26(6)34(53)44-30(19-16-20-40)36(55)45-29(35(54)42-24(4)22-50)18-14-15-21-49(9,10)11/h22-32,41,51H,12-21,40H2,1-11H3,(H6-,42,43,44,45,46,47,48,52,53,54,55,56,57,58)/p+1/t24-,25-,26-,27+,28-,29-,30-,31-,32-/m0/s1. The third-order valence-electron chi connectivity index (χ3n) is 9.48. The smallest absolute Gasteiger partial charge is 0.245 e. The Bertz CT molecular complexity index is 1340. The fraction of sp³-hybridized carbons (Fsp3) is 0.795. The van der Waals surface area contributed by atoms with Gasteiger partial charge in [-0.1, -0.05) is 33.6 Å². The summed E-state index contributed by atoms with van der Waals surface area (Å²) in [5.74, 6) is -5.02. The van der Waals surface area contributed by atoms with Gasteiger partial charge in [0.1, 0.15) is 42.5 Å². The molecular formula is C39H75N10O9+. The number of likely N-dealkylation sites (N-methyl/N-ethyl adjacent to an activating group) is 1. The van der Waals surface area contributed by atoms with Gasteiger partial charge in [-0.2, -0.15) is 0 Å². The van der Waals surface area contributed by atoms with Gasteiger partial charge in [0.05, 0.1) is 45.9 Å². The molecule has 0 aliphatic carbocycles. The second-order valence-corrected chi connectivity index (χ2v) is 16.4. The van der Waals surface area contributed by atoms with Crippen LogP contribution in [0, 0.1) is 5.92 Å². The van der Waals surface area contributed by atoms with Crippen LogP contribution in [0.4, 0.5) is 0 Å². The minimum atomic E-state index is -1.36. The molecule has 9 atom stereocenters. The van der Waals surface area contributed by atoms with Crippen molar-refractivity contribution in [2.45, 2.75) is 154 Å². The largest absolute Gasteiger partial charge is 0.391 e. The van der Waals surface area contributed by atoms with Crippen LogP contribution in [0.15, 0.2) is 0 Å². The first-order valence-corrected chi connectivity index (χ1v) is 20.5. The molecular weight excluding hydrogens is 752 g/mol. The molecule has 0 aliphatic rings. The van der Waals surface area contributed by atoms with Gasteiger partial charge in [0, 0.05) is 0 Å². The molecule has 334 valence electrons. The number of amides is 7. The summed E-state index contributed by atoms with van der Waals surface area (Å²) in [4.78, 5) is 104. The van der Waals surface area contributed by atoms with E-state index in [1.54, 1.807) is 27.8 Å². The summed E-state index contributed by atoms with van der Waals surface area (Å²) in [7, 11) is 7.70. The second-order valence-electron chi connectivity index (χ2n) is 16.4. The lowest BCUT2D eigenvalue weighted by molar-refractivity contribution is -0.870. The van der Waals surface area contributed by atoms with Crippen molar-refractivity contribution >= 4 is 47.6 Å². The van der Waals surface area contributed by atoms with Crippen LogP contribution in [0.3, 0.4) is 0 Å².